The van der Waals surface area contributed by atoms with Gasteiger partial charge in [0.1, 0.15) is 0 Å². The van der Waals surface area contributed by atoms with Gasteiger partial charge in [0.15, 0.2) is 11.5 Å². The van der Waals surface area contributed by atoms with Crippen LogP contribution < -0.4 is 9.47 Å². The summed E-state index contributed by atoms with van der Waals surface area (Å²) in [4.78, 5) is 0. The summed E-state index contributed by atoms with van der Waals surface area (Å²) in [7, 11) is 1.66. The van der Waals surface area contributed by atoms with Crippen molar-refractivity contribution in [1.82, 2.24) is 0 Å². The van der Waals surface area contributed by atoms with Crippen LogP contribution in [0.5, 0.6) is 11.5 Å². The van der Waals surface area contributed by atoms with Crippen LogP contribution in [0, 0.1) is 0 Å². The molecule has 0 spiro atoms. The van der Waals surface area contributed by atoms with Crippen LogP contribution in [0.3, 0.4) is 0 Å². The van der Waals surface area contributed by atoms with Crippen molar-refractivity contribution in [3.05, 3.63) is 22.2 Å². The lowest BCUT2D eigenvalue weighted by Gasteiger charge is -2.12. The van der Waals surface area contributed by atoms with E-state index in [2.05, 4.69) is 15.9 Å². The number of aliphatic hydroxyl groups excluding tert-OH is 1. The quantitative estimate of drug-likeness (QED) is 0.850. The van der Waals surface area contributed by atoms with Gasteiger partial charge in [0.25, 0.3) is 0 Å². The predicted molar refractivity (Wildman–Crippen MR) is 66.3 cm³/mol. The molecule has 2 rings (SSSR count). The third-order valence-electron chi connectivity index (χ3n) is 2.66. The number of methoxy groups -OCH3 is 1. The molecule has 17 heavy (non-hydrogen) atoms. The van der Waals surface area contributed by atoms with E-state index in [0.29, 0.717) is 24.5 Å². The van der Waals surface area contributed by atoms with Crippen LogP contribution in [0.2, 0.25) is 0 Å². The third-order valence-corrected chi connectivity index (χ3v) is 3.25. The average molecular weight is 303 g/mol. The van der Waals surface area contributed by atoms with E-state index >= 15 is 0 Å². The summed E-state index contributed by atoms with van der Waals surface area (Å²) in [6, 6.07) is 3.69. The van der Waals surface area contributed by atoms with E-state index in [-0.39, 0.29) is 6.79 Å². The van der Waals surface area contributed by atoms with Gasteiger partial charge in [-0.3, -0.25) is 0 Å². The fourth-order valence-electron chi connectivity index (χ4n) is 1.77. The Bertz CT molecular complexity index is 394. The van der Waals surface area contributed by atoms with E-state index in [4.69, 9.17) is 14.2 Å². The highest BCUT2D eigenvalue weighted by Gasteiger charge is 2.20. The van der Waals surface area contributed by atoms with Gasteiger partial charge in [-0.15, -0.1) is 0 Å². The van der Waals surface area contributed by atoms with Crippen LogP contribution in [0.25, 0.3) is 0 Å². The molecule has 0 radical (unpaired) electrons. The Morgan fingerprint density at radius 1 is 1.47 bits per heavy atom. The van der Waals surface area contributed by atoms with Crippen LogP contribution in [-0.2, 0) is 4.74 Å². The van der Waals surface area contributed by atoms with Crippen molar-refractivity contribution < 1.29 is 19.3 Å². The summed E-state index contributed by atoms with van der Waals surface area (Å²) in [6.07, 6.45) is 0.986. The molecule has 1 N–H and O–H groups in total. The Hall–Kier alpha value is -0.780. The topological polar surface area (TPSA) is 47.9 Å². The molecule has 0 aliphatic carbocycles. The van der Waals surface area contributed by atoms with E-state index in [1.165, 1.54) is 0 Å². The zero-order valence-corrected chi connectivity index (χ0v) is 11.2. The smallest absolute Gasteiger partial charge is 0.231 e. The maximum absolute atomic E-state index is 10.0. The van der Waals surface area contributed by atoms with Gasteiger partial charge in [0.05, 0.1) is 10.6 Å². The van der Waals surface area contributed by atoms with E-state index in [1.807, 2.05) is 12.1 Å². The molecule has 0 saturated heterocycles. The minimum Gasteiger partial charge on any atom is -0.454 e. The molecule has 0 amide bonds. The van der Waals surface area contributed by atoms with Gasteiger partial charge in [0, 0.05) is 13.7 Å². The zero-order valence-electron chi connectivity index (χ0n) is 9.61. The Kier molecular flexibility index (Phi) is 4.25. The lowest BCUT2D eigenvalue weighted by atomic mass is 10.0. The van der Waals surface area contributed by atoms with Crippen molar-refractivity contribution in [1.29, 1.82) is 0 Å². The van der Waals surface area contributed by atoms with Crippen LogP contribution in [0.1, 0.15) is 24.5 Å². The molecule has 1 aliphatic rings. The Morgan fingerprint density at radius 2 is 2.29 bits per heavy atom. The molecule has 1 aromatic carbocycles. The fraction of sp³-hybridized carbons (Fsp3) is 0.500. The first-order valence-electron chi connectivity index (χ1n) is 5.48. The van der Waals surface area contributed by atoms with Crippen molar-refractivity contribution in [2.75, 3.05) is 20.5 Å². The molecule has 1 atom stereocenters. The summed E-state index contributed by atoms with van der Waals surface area (Å²) in [5.74, 6) is 1.39. The van der Waals surface area contributed by atoms with Crippen molar-refractivity contribution in [2.24, 2.45) is 0 Å². The van der Waals surface area contributed by atoms with Crippen LogP contribution >= 0.6 is 15.9 Å². The standard InChI is InChI=1S/C12H15BrO4/c1-15-4-2-3-10(14)8-5-9(13)12-11(6-8)16-7-17-12/h5-6,10,14H,2-4,7H2,1H3. The summed E-state index contributed by atoms with van der Waals surface area (Å²) in [5, 5.41) is 10.0. The van der Waals surface area contributed by atoms with E-state index in [0.717, 1.165) is 16.5 Å². The van der Waals surface area contributed by atoms with E-state index < -0.39 is 6.10 Å². The number of aliphatic hydroxyl groups is 1. The third kappa shape index (κ3) is 2.91. The molecule has 0 aromatic heterocycles. The van der Waals surface area contributed by atoms with Gasteiger partial charge in [-0.1, -0.05) is 0 Å². The number of hydrogen-bond donors (Lipinski definition) is 1. The normalized spacial score (nSPS) is 15.0. The maximum Gasteiger partial charge on any atom is 0.231 e. The summed E-state index contributed by atoms with van der Waals surface area (Å²) < 4.78 is 16.4. The fourth-order valence-corrected chi connectivity index (χ4v) is 2.34. The molecule has 1 unspecified atom stereocenters. The molecule has 1 heterocycles. The van der Waals surface area contributed by atoms with Gasteiger partial charge < -0.3 is 19.3 Å². The van der Waals surface area contributed by atoms with E-state index in [9.17, 15) is 5.11 Å². The first kappa shape index (κ1) is 12.7. The van der Waals surface area contributed by atoms with Crippen molar-refractivity contribution in [3.63, 3.8) is 0 Å². The molecule has 0 fully saturated rings. The minimum absolute atomic E-state index is 0.233. The van der Waals surface area contributed by atoms with Gasteiger partial charge in [-0.2, -0.15) is 0 Å². The zero-order chi connectivity index (χ0) is 12.3. The number of fused-ring (bicyclic) bond motifs is 1. The first-order chi connectivity index (χ1) is 8.22. The average Bonchev–Trinajstić information content (AvgIpc) is 2.77. The number of hydrogen-bond acceptors (Lipinski definition) is 4. The molecule has 5 heteroatoms. The highest BCUT2D eigenvalue weighted by atomic mass is 79.9. The maximum atomic E-state index is 10.0. The Balaban J connectivity index is 2.08. The second kappa shape index (κ2) is 5.71. The lowest BCUT2D eigenvalue weighted by Crippen LogP contribution is -2.00. The molecule has 0 saturated carbocycles. The summed E-state index contributed by atoms with van der Waals surface area (Å²) in [6.45, 7) is 0.889. The van der Waals surface area contributed by atoms with Gasteiger partial charge in [-0.25, -0.2) is 0 Å². The molecule has 4 nitrogen and oxygen atoms in total. The molecule has 94 valence electrons. The van der Waals surface area contributed by atoms with Gasteiger partial charge >= 0.3 is 0 Å². The Labute approximate surface area is 109 Å². The highest BCUT2D eigenvalue weighted by Crippen LogP contribution is 2.41. The van der Waals surface area contributed by atoms with Crippen LogP contribution in [0.4, 0.5) is 0 Å². The molecular weight excluding hydrogens is 288 g/mol. The summed E-state index contributed by atoms with van der Waals surface area (Å²) in [5.41, 5.74) is 0.831. The SMILES string of the molecule is COCCCC(O)c1cc(Br)c2c(c1)OCO2. The highest BCUT2D eigenvalue weighted by molar-refractivity contribution is 9.10. The second-order valence-corrected chi connectivity index (χ2v) is 4.74. The van der Waals surface area contributed by atoms with E-state index in [1.54, 1.807) is 7.11 Å². The number of benzene rings is 1. The van der Waals surface area contributed by atoms with Crippen LogP contribution in [0.15, 0.2) is 16.6 Å². The largest absolute Gasteiger partial charge is 0.454 e. The van der Waals surface area contributed by atoms with Crippen molar-refractivity contribution in [2.45, 2.75) is 18.9 Å². The number of halogens is 1. The number of ether oxygens (including phenoxy) is 3. The lowest BCUT2D eigenvalue weighted by molar-refractivity contribution is 0.136. The monoisotopic (exact) mass is 302 g/mol. The first-order valence-corrected chi connectivity index (χ1v) is 6.27. The molecule has 1 aliphatic heterocycles. The van der Waals surface area contributed by atoms with Crippen molar-refractivity contribution >= 4 is 15.9 Å². The number of rotatable bonds is 5. The van der Waals surface area contributed by atoms with Gasteiger partial charge in [-0.05, 0) is 46.5 Å². The minimum atomic E-state index is -0.504. The molecule has 1 aromatic rings. The van der Waals surface area contributed by atoms with Gasteiger partial charge in [0.2, 0.25) is 6.79 Å². The summed E-state index contributed by atoms with van der Waals surface area (Å²) >= 11 is 3.41. The molecule has 0 bridgehead atoms. The molecular formula is C12H15BrO4. The Morgan fingerprint density at radius 3 is 3.06 bits per heavy atom. The predicted octanol–water partition coefficient (Wildman–Crippen LogP) is 2.64. The second-order valence-electron chi connectivity index (χ2n) is 3.89. The van der Waals surface area contributed by atoms with Crippen molar-refractivity contribution in [3.8, 4) is 11.5 Å². The van der Waals surface area contributed by atoms with Crippen LogP contribution in [-0.4, -0.2) is 25.6 Å².